The minimum atomic E-state index is -0.335. The van der Waals surface area contributed by atoms with Gasteiger partial charge >= 0.3 is 0 Å². The van der Waals surface area contributed by atoms with Gasteiger partial charge in [0.15, 0.2) is 0 Å². The lowest BCUT2D eigenvalue weighted by atomic mass is 9.89. The largest absolute Gasteiger partial charge is 0.391 e. The molecule has 6 nitrogen and oxygen atoms in total. The van der Waals surface area contributed by atoms with E-state index in [0.29, 0.717) is 13.0 Å². The average Bonchev–Trinajstić information content (AvgIpc) is 2.92. The zero-order chi connectivity index (χ0) is 17.7. The number of amides is 1. The molecule has 1 amide bonds. The van der Waals surface area contributed by atoms with Gasteiger partial charge in [0.05, 0.1) is 6.10 Å². The summed E-state index contributed by atoms with van der Waals surface area (Å²) >= 11 is 0. The summed E-state index contributed by atoms with van der Waals surface area (Å²) in [6.07, 6.45) is 4.85. The maximum absolute atomic E-state index is 12.3. The molecule has 136 valence electrons. The van der Waals surface area contributed by atoms with Crippen molar-refractivity contribution < 1.29 is 9.90 Å². The Morgan fingerprint density at radius 2 is 1.96 bits per heavy atom. The van der Waals surface area contributed by atoms with Crippen molar-refractivity contribution in [2.45, 2.75) is 53.2 Å². The number of carbonyl (C=O) groups excluding carboxylic acids is 1. The molecule has 0 bridgehead atoms. The van der Waals surface area contributed by atoms with Crippen molar-refractivity contribution >= 4 is 5.91 Å². The van der Waals surface area contributed by atoms with Gasteiger partial charge < -0.3 is 14.6 Å². The number of aromatic nitrogens is 2. The summed E-state index contributed by atoms with van der Waals surface area (Å²) in [5, 5.41) is 10.2. The molecule has 1 aliphatic rings. The van der Waals surface area contributed by atoms with Crippen molar-refractivity contribution in [3.63, 3.8) is 0 Å². The summed E-state index contributed by atoms with van der Waals surface area (Å²) in [4.78, 5) is 20.7. The number of nitrogens with zero attached hydrogens (tertiary/aromatic N) is 4. The molecule has 1 aliphatic heterocycles. The fraction of sp³-hybridized carbons (Fsp3) is 0.778. The topological polar surface area (TPSA) is 61.6 Å². The number of imidazole rings is 1. The SMILES string of the molecule is Cc1nccn1CCCC(=O)N1CCN(C[C@@H](O)C(C)(C)C)CC1. The lowest BCUT2D eigenvalue weighted by Gasteiger charge is -2.38. The van der Waals surface area contributed by atoms with E-state index in [1.807, 2.05) is 18.0 Å². The second-order valence-corrected chi connectivity index (χ2v) is 7.83. The van der Waals surface area contributed by atoms with Crippen LogP contribution in [0.1, 0.15) is 39.4 Å². The second kappa shape index (κ2) is 8.12. The molecule has 0 aliphatic carbocycles. The molecule has 0 saturated carbocycles. The van der Waals surface area contributed by atoms with Gasteiger partial charge in [-0.15, -0.1) is 0 Å². The van der Waals surface area contributed by atoms with Crippen LogP contribution < -0.4 is 0 Å². The van der Waals surface area contributed by atoms with E-state index in [9.17, 15) is 9.90 Å². The number of rotatable bonds is 6. The Balaban J connectivity index is 1.68. The molecule has 1 fully saturated rings. The predicted molar refractivity (Wildman–Crippen MR) is 94.7 cm³/mol. The predicted octanol–water partition coefficient (Wildman–Crippen LogP) is 1.52. The quantitative estimate of drug-likeness (QED) is 0.856. The van der Waals surface area contributed by atoms with E-state index in [1.165, 1.54) is 0 Å². The number of hydrogen-bond acceptors (Lipinski definition) is 4. The van der Waals surface area contributed by atoms with Crippen molar-refractivity contribution in [2.75, 3.05) is 32.7 Å². The summed E-state index contributed by atoms with van der Waals surface area (Å²) in [6, 6.07) is 0. The maximum Gasteiger partial charge on any atom is 0.222 e. The number of aliphatic hydroxyl groups is 1. The number of carbonyl (C=O) groups is 1. The van der Waals surface area contributed by atoms with E-state index in [1.54, 1.807) is 6.20 Å². The van der Waals surface area contributed by atoms with Crippen LogP contribution in [0.25, 0.3) is 0 Å². The number of aryl methyl sites for hydroxylation is 2. The van der Waals surface area contributed by atoms with Gasteiger partial charge in [-0.3, -0.25) is 9.69 Å². The first kappa shape index (κ1) is 18.9. The molecule has 2 rings (SSSR count). The molecular formula is C18H32N4O2. The van der Waals surface area contributed by atoms with Crippen LogP contribution >= 0.6 is 0 Å². The van der Waals surface area contributed by atoms with E-state index in [0.717, 1.165) is 45.0 Å². The normalized spacial score (nSPS) is 18.0. The summed E-state index contributed by atoms with van der Waals surface area (Å²) in [5.74, 6) is 1.23. The van der Waals surface area contributed by atoms with Crippen LogP contribution in [0, 0.1) is 12.3 Å². The Kier molecular flexibility index (Phi) is 6.40. The van der Waals surface area contributed by atoms with Crippen molar-refractivity contribution in [1.82, 2.24) is 19.4 Å². The molecule has 0 unspecified atom stereocenters. The van der Waals surface area contributed by atoms with Crippen LogP contribution in [0.5, 0.6) is 0 Å². The monoisotopic (exact) mass is 336 g/mol. The number of hydrogen-bond donors (Lipinski definition) is 1. The number of piperazine rings is 1. The molecule has 0 aromatic carbocycles. The lowest BCUT2D eigenvalue weighted by Crippen LogP contribution is -2.51. The Hall–Kier alpha value is -1.40. The van der Waals surface area contributed by atoms with Crippen LogP contribution in [0.4, 0.5) is 0 Å². The van der Waals surface area contributed by atoms with E-state index in [2.05, 4.69) is 35.2 Å². The van der Waals surface area contributed by atoms with Crippen LogP contribution in [-0.2, 0) is 11.3 Å². The Morgan fingerprint density at radius 1 is 1.29 bits per heavy atom. The van der Waals surface area contributed by atoms with Crippen LogP contribution in [0.15, 0.2) is 12.4 Å². The Labute approximate surface area is 145 Å². The van der Waals surface area contributed by atoms with Crippen molar-refractivity contribution in [3.8, 4) is 0 Å². The first-order chi connectivity index (χ1) is 11.3. The third kappa shape index (κ3) is 5.31. The fourth-order valence-electron chi connectivity index (χ4n) is 2.90. The molecule has 0 spiro atoms. The maximum atomic E-state index is 12.3. The molecule has 24 heavy (non-hydrogen) atoms. The molecular weight excluding hydrogens is 304 g/mol. The van der Waals surface area contributed by atoms with Gasteiger partial charge in [-0.2, -0.15) is 0 Å². The van der Waals surface area contributed by atoms with Crippen molar-refractivity contribution in [1.29, 1.82) is 0 Å². The summed E-state index contributed by atoms with van der Waals surface area (Å²) in [5.41, 5.74) is -0.0988. The van der Waals surface area contributed by atoms with E-state index in [-0.39, 0.29) is 17.4 Å². The molecule has 1 saturated heterocycles. The van der Waals surface area contributed by atoms with Crippen LogP contribution in [-0.4, -0.2) is 69.2 Å². The summed E-state index contributed by atoms with van der Waals surface area (Å²) < 4.78 is 2.08. The fourth-order valence-corrected chi connectivity index (χ4v) is 2.90. The van der Waals surface area contributed by atoms with Crippen molar-refractivity contribution in [2.24, 2.45) is 5.41 Å². The minimum Gasteiger partial charge on any atom is -0.391 e. The molecule has 1 N–H and O–H groups in total. The minimum absolute atomic E-state index is 0.0988. The van der Waals surface area contributed by atoms with Gasteiger partial charge in [-0.05, 0) is 18.8 Å². The smallest absolute Gasteiger partial charge is 0.222 e. The average molecular weight is 336 g/mol. The highest BCUT2D eigenvalue weighted by molar-refractivity contribution is 5.76. The van der Waals surface area contributed by atoms with E-state index < -0.39 is 0 Å². The molecule has 2 heterocycles. The Bertz CT molecular complexity index is 527. The second-order valence-electron chi connectivity index (χ2n) is 7.83. The zero-order valence-electron chi connectivity index (χ0n) is 15.5. The first-order valence-electron chi connectivity index (χ1n) is 8.93. The highest BCUT2D eigenvalue weighted by Gasteiger charge is 2.27. The van der Waals surface area contributed by atoms with Gasteiger partial charge in [0.1, 0.15) is 5.82 Å². The molecule has 6 heteroatoms. The van der Waals surface area contributed by atoms with Gasteiger partial charge in [-0.1, -0.05) is 20.8 Å². The molecule has 1 aromatic heterocycles. The van der Waals surface area contributed by atoms with Crippen molar-refractivity contribution in [3.05, 3.63) is 18.2 Å². The lowest BCUT2D eigenvalue weighted by molar-refractivity contribution is -0.133. The standard InChI is InChI=1S/C18H32N4O2/c1-15-19-7-9-21(15)8-5-6-17(24)22-12-10-20(11-13-22)14-16(23)18(2,3)4/h7,9,16,23H,5-6,8,10-14H2,1-4H3/t16-/m1/s1. The van der Waals surface area contributed by atoms with Gasteiger partial charge in [0.25, 0.3) is 0 Å². The highest BCUT2D eigenvalue weighted by atomic mass is 16.3. The number of β-amino-alcohol motifs (C(OH)–C–C–N with tert-alkyl or cyclic N) is 1. The van der Waals surface area contributed by atoms with E-state index >= 15 is 0 Å². The zero-order valence-corrected chi connectivity index (χ0v) is 15.5. The first-order valence-corrected chi connectivity index (χ1v) is 8.93. The third-order valence-corrected chi connectivity index (χ3v) is 4.87. The van der Waals surface area contributed by atoms with E-state index in [4.69, 9.17) is 0 Å². The number of aliphatic hydroxyl groups excluding tert-OH is 1. The molecule has 0 radical (unpaired) electrons. The Morgan fingerprint density at radius 3 is 2.50 bits per heavy atom. The van der Waals surface area contributed by atoms with Crippen LogP contribution in [0.2, 0.25) is 0 Å². The van der Waals surface area contributed by atoms with Gasteiger partial charge in [0.2, 0.25) is 5.91 Å². The molecule has 1 atom stereocenters. The van der Waals surface area contributed by atoms with Crippen LogP contribution in [0.3, 0.4) is 0 Å². The van der Waals surface area contributed by atoms with Gasteiger partial charge in [0, 0.05) is 58.1 Å². The summed E-state index contributed by atoms with van der Waals surface area (Å²) in [6.45, 7) is 12.9. The highest BCUT2D eigenvalue weighted by Crippen LogP contribution is 2.20. The summed E-state index contributed by atoms with van der Waals surface area (Å²) in [7, 11) is 0. The molecule has 1 aromatic rings. The van der Waals surface area contributed by atoms with Gasteiger partial charge in [-0.25, -0.2) is 4.98 Å². The third-order valence-electron chi connectivity index (χ3n) is 4.87.